The van der Waals surface area contributed by atoms with Crippen LogP contribution in [0.1, 0.15) is 96.5 Å². The first-order valence-corrected chi connectivity index (χ1v) is 1.69. The molecule has 0 atom stereocenters. The molecule has 8 heteroatoms. The summed E-state index contributed by atoms with van der Waals surface area (Å²) in [4.78, 5) is 23.3. The minimum Gasteiger partial charge on any atom is -0.870 e. The molecule has 0 amide bonds. The van der Waals surface area contributed by atoms with E-state index in [0.29, 0.717) is 0 Å². The molecule has 154 valence electrons. The molecule has 0 aromatic carbocycles. The van der Waals surface area contributed by atoms with E-state index in [2.05, 4.69) is 0 Å². The Hall–Kier alpha value is 0.377. The second-order valence-electron chi connectivity index (χ2n) is 0.175. The summed E-state index contributed by atoms with van der Waals surface area (Å²) in [5, 5.41) is 0. The number of hydrogen-bond acceptors (Lipinski definition) is 4. The van der Waals surface area contributed by atoms with Gasteiger partial charge in [0.15, 0.2) is 0 Å². The molecule has 0 aromatic rings. The van der Waals surface area contributed by atoms with Crippen LogP contribution in [0, 0.1) is 0 Å². The van der Waals surface area contributed by atoms with Crippen LogP contribution >= 0.6 is 0 Å². The molecular weight excluding hydrogens is 332 g/mol. The van der Waals surface area contributed by atoms with E-state index in [1.54, 1.807) is 0 Å². The Morgan fingerprint density at radius 2 is 0.591 bits per heavy atom. The summed E-state index contributed by atoms with van der Waals surface area (Å²) in [7, 11) is -1.17. The molecule has 0 aliphatic heterocycles. The van der Waals surface area contributed by atoms with Gasteiger partial charge in [-0.25, -0.2) is 0 Å². The van der Waals surface area contributed by atoms with Gasteiger partial charge in [0.1, 0.15) is 0 Å². The molecule has 0 saturated heterocycles. The van der Waals surface area contributed by atoms with Crippen molar-refractivity contribution in [1.82, 2.24) is 0 Å². The van der Waals surface area contributed by atoms with E-state index in [1.807, 2.05) is 0 Å². The maximum absolute atomic E-state index is 8.51. The van der Waals surface area contributed by atoms with Gasteiger partial charge in [-0.05, 0) is 0 Å². The van der Waals surface area contributed by atoms with Gasteiger partial charge in [-0.2, -0.15) is 9.59 Å². The zero-order chi connectivity index (χ0) is 5.41. The van der Waals surface area contributed by atoms with Crippen LogP contribution < -0.4 is 0 Å². The molecule has 0 unspecified atom stereocenters. The molecule has 0 saturated carbocycles. The summed E-state index contributed by atoms with van der Waals surface area (Å²) in [6.45, 7) is 0. The van der Waals surface area contributed by atoms with Crippen molar-refractivity contribution in [3.8, 4) is 0 Å². The number of hydrogen-bond donors (Lipinski definition) is 1. The van der Waals surface area contributed by atoms with Crippen LogP contribution in [0.3, 0.4) is 0 Å². The van der Waals surface area contributed by atoms with Crippen LogP contribution in [-0.4, -0.2) is 69.3 Å². The summed E-state index contributed by atoms with van der Waals surface area (Å²) in [6.07, 6.45) is 0.250. The molecule has 0 bridgehead atoms. The third-order valence-electron chi connectivity index (χ3n) is 0. The molecule has 0 rings (SSSR count). The molecule has 22 heavy (non-hydrogen) atoms. The molecule has 0 spiro atoms. The van der Waals surface area contributed by atoms with Gasteiger partial charge >= 0.3 is 43.9 Å². The van der Waals surface area contributed by atoms with Crippen molar-refractivity contribution in [3.05, 3.63) is 0 Å². The third-order valence-corrected chi connectivity index (χ3v) is 0. The molecule has 0 heterocycles. The minimum atomic E-state index is -1.17. The van der Waals surface area contributed by atoms with Crippen molar-refractivity contribution in [3.63, 3.8) is 0 Å². The van der Waals surface area contributed by atoms with E-state index < -0.39 is 9.65 Å². The third kappa shape index (κ3) is 53900. The molecule has 0 radical (unpaired) electrons. The molecular formula is C14H56CaO6Si. The molecule has 6 nitrogen and oxygen atoms in total. The summed E-state index contributed by atoms with van der Waals surface area (Å²) in [5.74, 6) is 0. The van der Waals surface area contributed by atoms with E-state index >= 15 is 0 Å². The molecule has 0 fully saturated rings. The smallest absolute Gasteiger partial charge is 0.870 e. The minimum absolute atomic E-state index is 0. The van der Waals surface area contributed by atoms with Crippen LogP contribution in [0.2, 0.25) is 0 Å². The molecule has 0 aliphatic carbocycles. The van der Waals surface area contributed by atoms with Crippen LogP contribution in [0.15, 0.2) is 0 Å². The van der Waals surface area contributed by atoms with Crippen molar-refractivity contribution < 1.29 is 29.8 Å². The monoisotopic (exact) mass is 388 g/mol. The predicted molar refractivity (Wildman–Crippen MR) is 112 cm³/mol. The van der Waals surface area contributed by atoms with E-state index in [4.69, 9.17) is 18.8 Å². The Bertz CT molecular complexity index is 74.4. The quantitative estimate of drug-likeness (QED) is 0.566. The number of rotatable bonds is 0. The van der Waals surface area contributed by atoms with Crippen LogP contribution in [0.4, 0.5) is 0 Å². The Balaban J connectivity index is -0.000000000526. The van der Waals surface area contributed by atoms with Crippen molar-refractivity contribution in [1.29, 1.82) is 0 Å². The summed E-state index contributed by atoms with van der Waals surface area (Å²) in [6, 6.07) is 0. The first-order valence-electron chi connectivity index (χ1n) is 0.836. The summed E-state index contributed by atoms with van der Waals surface area (Å²) in [5.41, 5.74) is 0. The Labute approximate surface area is 179 Å². The van der Waals surface area contributed by atoms with Gasteiger partial charge in [-0.15, -0.1) is 0 Å². The first-order chi connectivity index (χ1) is 2.83. The fourth-order valence-electron chi connectivity index (χ4n) is 0. The van der Waals surface area contributed by atoms with Crippen molar-refractivity contribution >= 4 is 53.5 Å². The second kappa shape index (κ2) is 1570. The molecule has 0 aliphatic rings. The van der Waals surface area contributed by atoms with Gasteiger partial charge in [0.2, 0.25) is 0 Å². The van der Waals surface area contributed by atoms with Crippen LogP contribution in [-0.2, 0) is 14.1 Å². The van der Waals surface area contributed by atoms with Gasteiger partial charge in [0.05, 0.1) is 9.65 Å². The van der Waals surface area contributed by atoms with Crippen LogP contribution in [0.5, 0.6) is 0 Å². The first kappa shape index (κ1) is 534. The van der Waals surface area contributed by atoms with Gasteiger partial charge in [0.25, 0.3) is 0 Å². The largest absolute Gasteiger partial charge is 2.00 e. The second-order valence-corrected chi connectivity index (χ2v) is 0.357. The van der Waals surface area contributed by atoms with Gasteiger partial charge in [0, 0.05) is 0 Å². The van der Waals surface area contributed by atoms with Crippen molar-refractivity contribution in [2.24, 2.45) is 0 Å². The normalized spacial score (nSPS) is 0.909. The van der Waals surface area contributed by atoms with E-state index in [9.17, 15) is 0 Å². The predicted octanol–water partition coefficient (Wildman–Crippen LogP) is 5.25. The molecule has 4 N–H and O–H groups in total. The number of carbonyl (C=O) groups excluding carboxylic acids is 2. The standard InChI is InChI=1S/CO2.13CH4.Ca.HO2Si.2H2O/c2-1-3;;;;;;;;;;;;;;;1-3-2;;/h;13*1H4;;1H;2*1H2/q;;;;;;;;;;;;;;+2;-1;;/p-1. The Morgan fingerprint density at radius 3 is 0.591 bits per heavy atom. The SMILES string of the molecule is C.C.C.C.C.C.C.C.C.C.C.C.C.O.O=C=O.O=[Si-]O.[Ca+2].[OH-]. The summed E-state index contributed by atoms with van der Waals surface area (Å²) >= 11 is 0. The topological polar surface area (TPSA) is 133 Å². The van der Waals surface area contributed by atoms with Gasteiger partial charge < -0.3 is 20.2 Å². The summed E-state index contributed by atoms with van der Waals surface area (Å²) < 4.78 is 8.51. The fourth-order valence-corrected chi connectivity index (χ4v) is 0. The van der Waals surface area contributed by atoms with E-state index in [0.717, 1.165) is 0 Å². The van der Waals surface area contributed by atoms with Crippen molar-refractivity contribution in [2.45, 2.75) is 96.5 Å². The zero-order valence-corrected chi connectivity index (χ0v) is 7.53. The maximum Gasteiger partial charge on any atom is 2.00 e. The maximum atomic E-state index is 8.51. The molecule has 0 aromatic heterocycles. The van der Waals surface area contributed by atoms with E-state index in [-0.39, 0.29) is 151 Å². The Kier molecular flexibility index (Phi) is 38100. The van der Waals surface area contributed by atoms with Gasteiger partial charge in [-0.1, -0.05) is 96.5 Å². The van der Waals surface area contributed by atoms with Crippen molar-refractivity contribution in [2.75, 3.05) is 0 Å². The Morgan fingerprint density at radius 1 is 0.591 bits per heavy atom. The fraction of sp³-hybridized carbons (Fsp3) is 0.929. The van der Waals surface area contributed by atoms with Gasteiger partial charge in [-0.3, -0.25) is 0 Å². The average Bonchev–Trinajstić information content (AvgIpc) is 1.39. The zero-order valence-electron chi connectivity index (χ0n) is 4.33. The van der Waals surface area contributed by atoms with E-state index in [1.165, 1.54) is 0 Å². The average molecular weight is 389 g/mol. The van der Waals surface area contributed by atoms with Crippen LogP contribution in [0.25, 0.3) is 0 Å².